The molecule has 1 atom stereocenters. The fraction of sp³-hybridized carbons (Fsp3) is 0.692. The van der Waals surface area contributed by atoms with Crippen molar-refractivity contribution in [1.29, 1.82) is 0 Å². The number of carbonyl (C=O) groups is 1. The number of Topliss-reactive ketones (excluding diaryl/α,β-unsaturated/α-hetero) is 1. The van der Waals surface area contributed by atoms with Crippen molar-refractivity contribution in [3.63, 3.8) is 0 Å². The number of rotatable bonds is 4. The second-order valence-corrected chi connectivity index (χ2v) is 6.71. The van der Waals surface area contributed by atoms with E-state index in [0.29, 0.717) is 11.4 Å². The number of carbonyl (C=O) groups excluding carboxylic acids is 1. The van der Waals surface area contributed by atoms with Crippen LogP contribution >= 0.6 is 11.8 Å². The Hall–Kier alpha value is -0.970. The number of hydrogen-bond donors (Lipinski definition) is 0. The van der Waals surface area contributed by atoms with Crippen molar-refractivity contribution < 1.29 is 9.53 Å². The molecule has 2 heterocycles. The first kappa shape index (κ1) is 13.5. The summed E-state index contributed by atoms with van der Waals surface area (Å²) in [7, 11) is 1.59. The molecule has 0 aromatic carbocycles. The van der Waals surface area contributed by atoms with E-state index >= 15 is 0 Å². The molecule has 1 aliphatic rings. The van der Waals surface area contributed by atoms with Crippen molar-refractivity contribution in [2.24, 2.45) is 0 Å². The Morgan fingerprint density at radius 1 is 1.61 bits per heavy atom. The highest BCUT2D eigenvalue weighted by Gasteiger charge is 2.41. The van der Waals surface area contributed by atoms with Crippen molar-refractivity contribution in [3.8, 4) is 5.75 Å². The molecule has 1 aromatic rings. The van der Waals surface area contributed by atoms with Crippen LogP contribution in [0.25, 0.3) is 0 Å². The highest BCUT2D eigenvalue weighted by atomic mass is 32.2. The smallest absolute Gasteiger partial charge is 0.200 e. The molecule has 1 fully saturated rings. The van der Waals surface area contributed by atoms with Gasteiger partial charge in [-0.3, -0.25) is 9.48 Å². The Bertz CT molecular complexity index is 448. The Balaban J connectivity index is 2.42. The molecular formula is C13H20N2O2S. The molecule has 0 bridgehead atoms. The fourth-order valence-electron chi connectivity index (χ4n) is 2.31. The number of aromatic nitrogens is 2. The van der Waals surface area contributed by atoms with E-state index in [2.05, 4.69) is 5.10 Å². The number of ketones is 1. The second kappa shape index (κ2) is 4.96. The second-order valence-electron chi connectivity index (χ2n) is 5.11. The van der Waals surface area contributed by atoms with Crippen LogP contribution < -0.4 is 4.74 Å². The maximum atomic E-state index is 12.8. The number of nitrogens with zero attached hydrogens (tertiary/aromatic N) is 2. The van der Waals surface area contributed by atoms with Gasteiger partial charge in [-0.15, -0.1) is 11.8 Å². The molecule has 1 saturated heterocycles. The monoisotopic (exact) mass is 268 g/mol. The minimum Gasteiger partial charge on any atom is -0.493 e. The van der Waals surface area contributed by atoms with Crippen molar-refractivity contribution in [2.45, 2.75) is 44.4 Å². The van der Waals surface area contributed by atoms with Crippen LogP contribution in [-0.4, -0.2) is 33.2 Å². The standard InChI is InChI=1S/C13H20N2O2S/c1-9(2)15-11(10(17-4)8-14-15)12(16)13(3)6-5-7-18-13/h8-9H,5-7H2,1-4H3. The van der Waals surface area contributed by atoms with Crippen LogP contribution in [-0.2, 0) is 0 Å². The van der Waals surface area contributed by atoms with Gasteiger partial charge >= 0.3 is 0 Å². The van der Waals surface area contributed by atoms with E-state index in [1.807, 2.05) is 20.8 Å². The van der Waals surface area contributed by atoms with E-state index < -0.39 is 0 Å². The van der Waals surface area contributed by atoms with Gasteiger partial charge in [0.25, 0.3) is 0 Å². The minimum atomic E-state index is -0.319. The molecule has 0 spiro atoms. The zero-order valence-corrected chi connectivity index (χ0v) is 12.2. The third kappa shape index (κ3) is 2.16. The molecule has 1 aliphatic heterocycles. The predicted octanol–water partition coefficient (Wildman–Crippen LogP) is 2.94. The summed E-state index contributed by atoms with van der Waals surface area (Å²) in [5.74, 6) is 1.79. The van der Waals surface area contributed by atoms with Gasteiger partial charge < -0.3 is 4.74 Å². The lowest BCUT2D eigenvalue weighted by Crippen LogP contribution is -2.31. The van der Waals surface area contributed by atoms with E-state index in [9.17, 15) is 4.79 Å². The average Bonchev–Trinajstić information content (AvgIpc) is 2.94. The molecule has 4 nitrogen and oxygen atoms in total. The summed E-state index contributed by atoms with van der Waals surface area (Å²) in [6.45, 7) is 6.07. The van der Waals surface area contributed by atoms with Crippen molar-refractivity contribution in [1.82, 2.24) is 9.78 Å². The van der Waals surface area contributed by atoms with Gasteiger partial charge in [0.15, 0.2) is 11.5 Å². The van der Waals surface area contributed by atoms with Crippen LogP contribution in [0.2, 0.25) is 0 Å². The van der Waals surface area contributed by atoms with Gasteiger partial charge in [-0.1, -0.05) is 0 Å². The molecule has 18 heavy (non-hydrogen) atoms. The molecule has 1 aromatic heterocycles. The molecule has 1 unspecified atom stereocenters. The fourth-order valence-corrected chi connectivity index (χ4v) is 3.57. The van der Waals surface area contributed by atoms with Crippen LogP contribution in [0.3, 0.4) is 0 Å². The average molecular weight is 268 g/mol. The summed E-state index contributed by atoms with van der Waals surface area (Å²) < 4.78 is 6.74. The third-order valence-corrected chi connectivity index (χ3v) is 4.90. The molecular weight excluding hydrogens is 248 g/mol. The molecule has 0 saturated carbocycles. The normalized spacial score (nSPS) is 23.6. The molecule has 5 heteroatoms. The summed E-state index contributed by atoms with van der Waals surface area (Å²) in [6, 6.07) is 0.155. The largest absolute Gasteiger partial charge is 0.493 e. The summed E-state index contributed by atoms with van der Waals surface area (Å²) in [6.07, 6.45) is 3.67. The zero-order chi connectivity index (χ0) is 13.3. The van der Waals surface area contributed by atoms with Gasteiger partial charge in [-0.05, 0) is 39.4 Å². The Morgan fingerprint density at radius 3 is 2.83 bits per heavy atom. The maximum Gasteiger partial charge on any atom is 0.200 e. The van der Waals surface area contributed by atoms with Crippen LogP contribution in [0, 0.1) is 0 Å². The lowest BCUT2D eigenvalue weighted by molar-refractivity contribution is 0.0933. The highest BCUT2D eigenvalue weighted by molar-refractivity contribution is 8.01. The quantitative estimate of drug-likeness (QED) is 0.788. The lowest BCUT2D eigenvalue weighted by Gasteiger charge is -2.22. The van der Waals surface area contributed by atoms with Gasteiger partial charge in [0.05, 0.1) is 18.1 Å². The van der Waals surface area contributed by atoms with E-state index in [1.165, 1.54) is 0 Å². The Kier molecular flexibility index (Phi) is 3.71. The zero-order valence-electron chi connectivity index (χ0n) is 11.4. The molecule has 0 radical (unpaired) electrons. The van der Waals surface area contributed by atoms with Crippen LogP contribution in [0.4, 0.5) is 0 Å². The van der Waals surface area contributed by atoms with Crippen molar-refractivity contribution in [2.75, 3.05) is 12.9 Å². The van der Waals surface area contributed by atoms with Crippen LogP contribution in [0.1, 0.15) is 50.1 Å². The van der Waals surface area contributed by atoms with Crippen LogP contribution in [0.15, 0.2) is 6.20 Å². The minimum absolute atomic E-state index is 0.146. The van der Waals surface area contributed by atoms with Gasteiger partial charge in [-0.2, -0.15) is 5.10 Å². The summed E-state index contributed by atoms with van der Waals surface area (Å²) in [5.41, 5.74) is 0.615. The molecule has 100 valence electrons. The van der Waals surface area contributed by atoms with Gasteiger partial charge in [0.2, 0.25) is 0 Å². The van der Waals surface area contributed by atoms with E-state index in [-0.39, 0.29) is 16.6 Å². The number of thioether (sulfide) groups is 1. The van der Waals surface area contributed by atoms with Crippen LogP contribution in [0.5, 0.6) is 5.75 Å². The first-order valence-corrected chi connectivity index (χ1v) is 7.28. The van der Waals surface area contributed by atoms with Gasteiger partial charge in [0, 0.05) is 6.04 Å². The Labute approximate surface area is 112 Å². The van der Waals surface area contributed by atoms with Crippen molar-refractivity contribution in [3.05, 3.63) is 11.9 Å². The Morgan fingerprint density at radius 2 is 2.33 bits per heavy atom. The molecule has 0 N–H and O–H groups in total. The summed E-state index contributed by atoms with van der Waals surface area (Å²) in [5, 5.41) is 4.27. The molecule has 0 aliphatic carbocycles. The number of hydrogen-bond acceptors (Lipinski definition) is 4. The van der Waals surface area contributed by atoms with E-state index in [4.69, 9.17) is 4.74 Å². The topological polar surface area (TPSA) is 44.1 Å². The van der Waals surface area contributed by atoms with E-state index in [0.717, 1.165) is 18.6 Å². The third-order valence-electron chi connectivity index (χ3n) is 3.39. The lowest BCUT2D eigenvalue weighted by atomic mass is 9.97. The first-order chi connectivity index (χ1) is 8.49. The molecule has 2 rings (SSSR count). The first-order valence-electron chi connectivity index (χ1n) is 6.30. The van der Waals surface area contributed by atoms with E-state index in [1.54, 1.807) is 29.8 Å². The number of methoxy groups -OCH3 is 1. The SMILES string of the molecule is COc1cnn(C(C)C)c1C(=O)C1(C)CCCS1. The summed E-state index contributed by atoms with van der Waals surface area (Å²) in [4.78, 5) is 12.8. The highest BCUT2D eigenvalue weighted by Crippen LogP contribution is 2.41. The van der Waals surface area contributed by atoms with Gasteiger partial charge in [-0.25, -0.2) is 0 Å². The maximum absolute atomic E-state index is 12.8. The number of ether oxygens (including phenoxy) is 1. The summed E-state index contributed by atoms with van der Waals surface area (Å²) >= 11 is 1.74. The van der Waals surface area contributed by atoms with Gasteiger partial charge in [0.1, 0.15) is 5.69 Å². The molecule has 0 amide bonds. The van der Waals surface area contributed by atoms with Crippen molar-refractivity contribution >= 4 is 17.5 Å². The predicted molar refractivity (Wildman–Crippen MR) is 73.6 cm³/mol.